The number of hydrogen-bond donors (Lipinski definition) is 0. The Labute approximate surface area is 334 Å². The summed E-state index contributed by atoms with van der Waals surface area (Å²) in [6.07, 6.45) is 13.6. The van der Waals surface area contributed by atoms with Crippen LogP contribution in [0.4, 0.5) is 0 Å². The molecule has 3 aromatic heterocycles. The summed E-state index contributed by atoms with van der Waals surface area (Å²) in [5.41, 5.74) is 11.3. The molecule has 2 unspecified atom stereocenters. The minimum atomic E-state index is 0.291. The Balaban J connectivity index is 1.02. The van der Waals surface area contributed by atoms with Crippen LogP contribution in [0.5, 0.6) is 0 Å². The zero-order valence-corrected chi connectivity index (χ0v) is 31.3. The molecule has 10 aromatic rings. The smallest absolute Gasteiger partial charge is 0.164 e. The summed E-state index contributed by atoms with van der Waals surface area (Å²) in [4.78, 5) is 15.4. The highest BCUT2D eigenvalue weighted by molar-refractivity contribution is 6.09. The molecule has 12 rings (SSSR count). The van der Waals surface area contributed by atoms with Crippen molar-refractivity contribution in [2.45, 2.75) is 5.92 Å². The molecule has 0 saturated heterocycles. The molecule has 2 atom stereocenters. The third kappa shape index (κ3) is 5.21. The van der Waals surface area contributed by atoms with Crippen LogP contribution in [0.25, 0.3) is 101 Å². The second kappa shape index (κ2) is 13.0. The zero-order chi connectivity index (χ0) is 38.2. The Hall–Kier alpha value is -7.63. The number of para-hydroxylation sites is 2. The first-order chi connectivity index (χ1) is 28.7. The van der Waals surface area contributed by atoms with Crippen LogP contribution in [0.15, 0.2) is 193 Å². The molecule has 0 aliphatic heterocycles. The molecule has 0 bridgehead atoms. The number of allylic oxidation sites excluding steroid dienone is 5. The van der Waals surface area contributed by atoms with Crippen LogP contribution in [0.1, 0.15) is 17.2 Å². The Morgan fingerprint density at radius 3 is 2.02 bits per heavy atom. The van der Waals surface area contributed by atoms with Crippen LogP contribution < -0.4 is 0 Å². The molecule has 0 fully saturated rings. The van der Waals surface area contributed by atoms with Gasteiger partial charge < -0.3 is 8.98 Å². The van der Waals surface area contributed by atoms with E-state index in [2.05, 4.69) is 193 Å². The quantitative estimate of drug-likeness (QED) is 0.176. The summed E-state index contributed by atoms with van der Waals surface area (Å²) in [5, 5.41) is 5.68. The molecule has 5 heteroatoms. The highest BCUT2D eigenvalue weighted by atomic mass is 16.3. The van der Waals surface area contributed by atoms with Crippen molar-refractivity contribution in [3.63, 3.8) is 0 Å². The predicted molar refractivity (Wildman–Crippen MR) is 237 cm³/mol. The van der Waals surface area contributed by atoms with Crippen LogP contribution in [-0.4, -0.2) is 19.5 Å². The Morgan fingerprint density at radius 1 is 0.466 bits per heavy atom. The lowest BCUT2D eigenvalue weighted by Gasteiger charge is -2.26. The van der Waals surface area contributed by atoms with E-state index < -0.39 is 0 Å². The van der Waals surface area contributed by atoms with Crippen LogP contribution in [-0.2, 0) is 0 Å². The molecule has 272 valence electrons. The van der Waals surface area contributed by atoms with Crippen molar-refractivity contribution >= 4 is 49.7 Å². The van der Waals surface area contributed by atoms with Gasteiger partial charge in [0.25, 0.3) is 0 Å². The van der Waals surface area contributed by atoms with E-state index in [9.17, 15) is 0 Å². The number of nitrogens with zero attached hydrogens (tertiary/aromatic N) is 4. The van der Waals surface area contributed by atoms with Gasteiger partial charge in [0.1, 0.15) is 5.58 Å². The Morgan fingerprint density at radius 2 is 1.14 bits per heavy atom. The Kier molecular flexibility index (Phi) is 7.29. The van der Waals surface area contributed by atoms with Crippen LogP contribution >= 0.6 is 0 Å². The third-order valence-electron chi connectivity index (χ3n) is 11.8. The highest BCUT2D eigenvalue weighted by Gasteiger charge is 2.30. The van der Waals surface area contributed by atoms with Gasteiger partial charge in [-0.05, 0) is 69.9 Å². The van der Waals surface area contributed by atoms with Gasteiger partial charge in [-0.25, -0.2) is 15.0 Å². The molecule has 7 aromatic carbocycles. The highest BCUT2D eigenvalue weighted by Crippen LogP contribution is 2.46. The van der Waals surface area contributed by atoms with Crippen LogP contribution in [0.3, 0.4) is 0 Å². The molecular weight excluding hydrogens is 709 g/mol. The molecule has 0 N–H and O–H groups in total. The topological polar surface area (TPSA) is 56.7 Å². The predicted octanol–water partition coefficient (Wildman–Crippen LogP) is 13.4. The molecule has 2 aliphatic rings. The number of aromatic nitrogens is 4. The molecule has 0 spiro atoms. The minimum absolute atomic E-state index is 0.291. The summed E-state index contributed by atoms with van der Waals surface area (Å²) in [7, 11) is 0. The maximum Gasteiger partial charge on any atom is 0.164 e. The molecule has 5 nitrogen and oxygen atoms in total. The SMILES string of the molecule is C1=CC2C=Cc3c(c4ccccc4n3-c3cccc4c3oc3cc(-c5nc(-c6cccc(-c7ccccc7)c6)nc(-c6ccc7ccccc7c6)n5)ccc34)C2C=C1. The third-order valence-corrected chi connectivity index (χ3v) is 11.8. The standard InChI is InChI=1S/C53H34N4O/c1-2-12-33(13-3-1)37-17-10-18-38(30-37)51-54-52(39-25-24-34-14-4-5-16-36(34)31-39)56-53(55-51)40-26-28-42-43-21-11-23-47(50(43)58-48(42)32-40)57-45-22-9-8-20-44(45)49-41-19-7-6-15-35(41)27-29-46(49)57/h1-32,35,41H. The lowest BCUT2D eigenvalue weighted by Crippen LogP contribution is -2.13. The molecule has 0 radical (unpaired) electrons. The summed E-state index contributed by atoms with van der Waals surface area (Å²) in [5.74, 6) is 2.45. The van der Waals surface area contributed by atoms with Crippen molar-refractivity contribution < 1.29 is 4.42 Å². The molecule has 3 heterocycles. The molecule has 58 heavy (non-hydrogen) atoms. The van der Waals surface area contributed by atoms with Crippen LogP contribution in [0.2, 0.25) is 0 Å². The number of benzene rings is 7. The van der Waals surface area contributed by atoms with Gasteiger partial charge in [0.05, 0.1) is 16.9 Å². The minimum Gasteiger partial charge on any atom is -0.454 e. The van der Waals surface area contributed by atoms with Crippen LogP contribution in [0, 0.1) is 5.92 Å². The van der Waals surface area contributed by atoms with E-state index in [0.717, 1.165) is 60.8 Å². The summed E-state index contributed by atoms with van der Waals surface area (Å²) in [6, 6.07) is 55.1. The summed E-state index contributed by atoms with van der Waals surface area (Å²) < 4.78 is 9.30. The summed E-state index contributed by atoms with van der Waals surface area (Å²) >= 11 is 0. The van der Waals surface area contributed by atoms with Gasteiger partial charge in [-0.1, -0.05) is 152 Å². The van der Waals surface area contributed by atoms with Gasteiger partial charge in [0.2, 0.25) is 0 Å². The van der Waals surface area contributed by atoms with E-state index in [0.29, 0.717) is 29.3 Å². The van der Waals surface area contributed by atoms with Gasteiger partial charge >= 0.3 is 0 Å². The lowest BCUT2D eigenvalue weighted by atomic mass is 9.78. The van der Waals surface area contributed by atoms with Crippen molar-refractivity contribution in [3.05, 3.63) is 199 Å². The maximum absolute atomic E-state index is 6.92. The van der Waals surface area contributed by atoms with Crippen molar-refractivity contribution in [2.24, 2.45) is 5.92 Å². The van der Waals surface area contributed by atoms with E-state index in [4.69, 9.17) is 19.4 Å². The molecular formula is C53H34N4O. The van der Waals surface area contributed by atoms with Gasteiger partial charge in [-0.2, -0.15) is 0 Å². The fourth-order valence-electron chi connectivity index (χ4n) is 9.02. The number of hydrogen-bond acceptors (Lipinski definition) is 4. The van der Waals surface area contributed by atoms with Gasteiger partial charge in [-0.15, -0.1) is 0 Å². The maximum atomic E-state index is 6.92. The van der Waals surface area contributed by atoms with Crippen molar-refractivity contribution in [3.8, 4) is 51.0 Å². The first kappa shape index (κ1) is 32.6. The van der Waals surface area contributed by atoms with E-state index in [1.54, 1.807) is 0 Å². The van der Waals surface area contributed by atoms with Crippen molar-refractivity contribution in [1.29, 1.82) is 0 Å². The average Bonchev–Trinajstić information content (AvgIpc) is 3.85. The molecule has 0 saturated carbocycles. The normalized spacial score (nSPS) is 15.7. The molecule has 2 aliphatic carbocycles. The van der Waals surface area contributed by atoms with E-state index in [1.165, 1.54) is 27.5 Å². The number of rotatable bonds is 5. The van der Waals surface area contributed by atoms with Gasteiger partial charge in [0, 0.05) is 44.7 Å². The van der Waals surface area contributed by atoms with Crippen molar-refractivity contribution in [1.82, 2.24) is 19.5 Å². The van der Waals surface area contributed by atoms with E-state index in [1.807, 2.05) is 6.07 Å². The van der Waals surface area contributed by atoms with Crippen molar-refractivity contribution in [2.75, 3.05) is 0 Å². The fraction of sp³-hybridized carbons (Fsp3) is 0.0377. The first-order valence-corrected chi connectivity index (χ1v) is 19.8. The Bertz CT molecular complexity index is 3370. The zero-order valence-electron chi connectivity index (χ0n) is 31.3. The van der Waals surface area contributed by atoms with E-state index in [-0.39, 0.29) is 0 Å². The van der Waals surface area contributed by atoms with Gasteiger partial charge in [0.15, 0.2) is 23.1 Å². The van der Waals surface area contributed by atoms with Gasteiger partial charge in [-0.3, -0.25) is 0 Å². The number of fused-ring (bicyclic) bond motifs is 9. The fourth-order valence-corrected chi connectivity index (χ4v) is 9.02. The monoisotopic (exact) mass is 742 g/mol. The second-order valence-electron chi connectivity index (χ2n) is 15.2. The average molecular weight is 743 g/mol. The first-order valence-electron chi connectivity index (χ1n) is 19.8. The summed E-state index contributed by atoms with van der Waals surface area (Å²) in [6.45, 7) is 0. The van der Waals surface area contributed by atoms with E-state index >= 15 is 0 Å². The molecule has 0 amide bonds. The lowest BCUT2D eigenvalue weighted by molar-refractivity contribution is 0.664. The number of furan rings is 1. The largest absolute Gasteiger partial charge is 0.454 e. The second-order valence-corrected chi connectivity index (χ2v) is 15.2.